The molecule has 0 fully saturated rings. The molecule has 0 saturated heterocycles. The zero-order valence-corrected chi connectivity index (χ0v) is 11.2. The van der Waals surface area contributed by atoms with E-state index in [-0.39, 0.29) is 11.9 Å². The molecule has 2 N–H and O–H groups in total. The summed E-state index contributed by atoms with van der Waals surface area (Å²) in [6, 6.07) is 15.1. The molecule has 0 bridgehead atoms. The largest absolute Gasteiger partial charge is 0.353 e. The minimum atomic E-state index is -0.259. The van der Waals surface area contributed by atoms with Crippen molar-refractivity contribution in [1.29, 1.82) is 0 Å². The average molecular weight is 269 g/mol. The number of fused-ring (bicyclic) bond motifs is 1. The monoisotopic (exact) mass is 269 g/mol. The highest BCUT2D eigenvalue weighted by atomic mass is 19.1. The van der Waals surface area contributed by atoms with Crippen molar-refractivity contribution >= 4 is 17.0 Å². The van der Waals surface area contributed by atoms with Crippen LogP contribution in [-0.2, 0) is 6.42 Å². The Hall–Kier alpha value is -2.36. The highest BCUT2D eigenvalue weighted by Crippen LogP contribution is 2.16. The molecular weight excluding hydrogens is 253 g/mol. The van der Waals surface area contributed by atoms with Crippen molar-refractivity contribution in [2.75, 3.05) is 5.32 Å². The average Bonchev–Trinajstić information content (AvgIpc) is 2.80. The number of nitrogens with zero attached hydrogens (tertiary/aromatic N) is 1. The van der Waals surface area contributed by atoms with Gasteiger partial charge in [-0.25, -0.2) is 9.37 Å². The van der Waals surface area contributed by atoms with Crippen LogP contribution in [0.25, 0.3) is 11.0 Å². The minimum absolute atomic E-state index is 0.239. The Morgan fingerprint density at radius 3 is 2.80 bits per heavy atom. The molecule has 1 atom stereocenters. The Morgan fingerprint density at radius 2 is 2.00 bits per heavy atom. The summed E-state index contributed by atoms with van der Waals surface area (Å²) in [5.41, 5.74) is 2.75. The van der Waals surface area contributed by atoms with E-state index in [9.17, 15) is 4.39 Å². The normalized spacial score (nSPS) is 12.5. The van der Waals surface area contributed by atoms with Crippen LogP contribution in [0, 0.1) is 5.82 Å². The molecule has 0 saturated carbocycles. The molecule has 3 rings (SSSR count). The first-order valence-corrected chi connectivity index (χ1v) is 6.66. The van der Waals surface area contributed by atoms with E-state index in [1.54, 1.807) is 6.07 Å². The molecule has 0 aliphatic heterocycles. The molecule has 0 amide bonds. The predicted molar refractivity (Wildman–Crippen MR) is 79.3 cm³/mol. The first kappa shape index (κ1) is 12.7. The van der Waals surface area contributed by atoms with Gasteiger partial charge in [0.25, 0.3) is 0 Å². The molecule has 20 heavy (non-hydrogen) atoms. The molecule has 1 unspecified atom stereocenters. The zero-order valence-electron chi connectivity index (χ0n) is 11.2. The fourth-order valence-electron chi connectivity index (χ4n) is 2.30. The highest BCUT2D eigenvalue weighted by molar-refractivity contribution is 5.77. The number of halogens is 1. The van der Waals surface area contributed by atoms with E-state index in [1.807, 2.05) is 18.2 Å². The number of hydrogen-bond donors (Lipinski definition) is 2. The SMILES string of the molecule is CC(Cc1ccccc1)Nc1nc2ccc(F)cc2[nH]1. The fourth-order valence-corrected chi connectivity index (χ4v) is 2.30. The number of imidazole rings is 1. The van der Waals surface area contributed by atoms with Gasteiger partial charge in [0.05, 0.1) is 11.0 Å². The quantitative estimate of drug-likeness (QED) is 0.757. The van der Waals surface area contributed by atoms with Crippen molar-refractivity contribution in [3.63, 3.8) is 0 Å². The number of hydrogen-bond acceptors (Lipinski definition) is 2. The minimum Gasteiger partial charge on any atom is -0.353 e. The van der Waals surface area contributed by atoms with Crippen LogP contribution in [0.1, 0.15) is 12.5 Å². The zero-order chi connectivity index (χ0) is 13.9. The molecule has 0 spiro atoms. The summed E-state index contributed by atoms with van der Waals surface area (Å²) in [5.74, 6) is 0.416. The van der Waals surface area contributed by atoms with Gasteiger partial charge in [-0.05, 0) is 37.1 Å². The van der Waals surface area contributed by atoms with Gasteiger partial charge in [-0.3, -0.25) is 0 Å². The molecule has 0 aliphatic carbocycles. The van der Waals surface area contributed by atoms with Crippen LogP contribution < -0.4 is 5.32 Å². The third-order valence-corrected chi connectivity index (χ3v) is 3.21. The predicted octanol–water partition coefficient (Wildman–Crippen LogP) is 3.75. The van der Waals surface area contributed by atoms with Gasteiger partial charge in [-0.1, -0.05) is 30.3 Å². The molecule has 1 heterocycles. The van der Waals surface area contributed by atoms with Gasteiger partial charge in [-0.15, -0.1) is 0 Å². The summed E-state index contributed by atoms with van der Waals surface area (Å²) in [5, 5.41) is 3.31. The van der Waals surface area contributed by atoms with Crippen molar-refractivity contribution in [3.05, 3.63) is 59.9 Å². The van der Waals surface area contributed by atoms with E-state index in [1.165, 1.54) is 17.7 Å². The maximum absolute atomic E-state index is 13.1. The lowest BCUT2D eigenvalue weighted by atomic mass is 10.1. The Bertz CT molecular complexity index is 706. The molecule has 102 valence electrons. The van der Waals surface area contributed by atoms with E-state index < -0.39 is 0 Å². The number of H-pyrrole nitrogens is 1. The second-order valence-corrected chi connectivity index (χ2v) is 4.98. The molecule has 3 nitrogen and oxygen atoms in total. The fraction of sp³-hybridized carbons (Fsp3) is 0.188. The van der Waals surface area contributed by atoms with Crippen molar-refractivity contribution in [1.82, 2.24) is 9.97 Å². The summed E-state index contributed by atoms with van der Waals surface area (Å²) < 4.78 is 13.1. The van der Waals surface area contributed by atoms with Crippen LogP contribution in [-0.4, -0.2) is 16.0 Å². The smallest absolute Gasteiger partial charge is 0.201 e. The van der Waals surface area contributed by atoms with Crippen LogP contribution in [0.5, 0.6) is 0 Å². The van der Waals surface area contributed by atoms with Crippen molar-refractivity contribution < 1.29 is 4.39 Å². The van der Waals surface area contributed by atoms with Gasteiger partial charge in [-0.2, -0.15) is 0 Å². The second kappa shape index (κ2) is 5.33. The first-order chi connectivity index (χ1) is 9.70. The van der Waals surface area contributed by atoms with Gasteiger partial charge in [0.2, 0.25) is 5.95 Å². The van der Waals surface area contributed by atoms with Gasteiger partial charge >= 0.3 is 0 Å². The third kappa shape index (κ3) is 2.79. The standard InChI is InChI=1S/C16H16FN3/c1-11(9-12-5-3-2-4-6-12)18-16-19-14-8-7-13(17)10-15(14)20-16/h2-8,10-11H,9H2,1H3,(H2,18,19,20). The Kier molecular flexibility index (Phi) is 3.37. The van der Waals surface area contributed by atoms with E-state index in [4.69, 9.17) is 0 Å². The summed E-state index contributed by atoms with van der Waals surface area (Å²) >= 11 is 0. The molecule has 1 aromatic heterocycles. The van der Waals surface area contributed by atoms with Crippen LogP contribution in [0.4, 0.5) is 10.3 Å². The van der Waals surface area contributed by atoms with E-state index >= 15 is 0 Å². The van der Waals surface area contributed by atoms with Crippen LogP contribution in [0.15, 0.2) is 48.5 Å². The molecular formula is C16H16FN3. The van der Waals surface area contributed by atoms with Crippen LogP contribution in [0.3, 0.4) is 0 Å². The van der Waals surface area contributed by atoms with Gasteiger partial charge in [0.1, 0.15) is 5.82 Å². The lowest BCUT2D eigenvalue weighted by Gasteiger charge is -2.12. The first-order valence-electron chi connectivity index (χ1n) is 6.66. The maximum Gasteiger partial charge on any atom is 0.201 e. The number of aromatic amines is 1. The lowest BCUT2D eigenvalue weighted by Crippen LogP contribution is -2.18. The van der Waals surface area contributed by atoms with Crippen LogP contribution in [0.2, 0.25) is 0 Å². The van der Waals surface area contributed by atoms with E-state index in [0.717, 1.165) is 11.9 Å². The Balaban J connectivity index is 1.72. The molecule has 0 radical (unpaired) electrons. The number of nitrogens with one attached hydrogen (secondary N) is 2. The topological polar surface area (TPSA) is 40.7 Å². The van der Waals surface area contributed by atoms with Gasteiger partial charge in [0.15, 0.2) is 0 Å². The lowest BCUT2D eigenvalue weighted by molar-refractivity contribution is 0.629. The summed E-state index contributed by atoms with van der Waals surface area (Å²) in [6.07, 6.45) is 0.909. The molecule has 2 aromatic carbocycles. The van der Waals surface area contributed by atoms with Crippen molar-refractivity contribution in [2.24, 2.45) is 0 Å². The third-order valence-electron chi connectivity index (χ3n) is 3.21. The van der Waals surface area contributed by atoms with Crippen LogP contribution >= 0.6 is 0 Å². The van der Waals surface area contributed by atoms with Crippen molar-refractivity contribution in [3.8, 4) is 0 Å². The summed E-state index contributed by atoms with van der Waals surface area (Å²) in [7, 11) is 0. The number of benzene rings is 2. The van der Waals surface area contributed by atoms with Crippen molar-refractivity contribution in [2.45, 2.75) is 19.4 Å². The van der Waals surface area contributed by atoms with E-state index in [0.29, 0.717) is 11.5 Å². The number of rotatable bonds is 4. The molecule has 0 aliphatic rings. The van der Waals surface area contributed by atoms with Gasteiger partial charge in [0, 0.05) is 6.04 Å². The summed E-state index contributed by atoms with van der Waals surface area (Å²) in [6.45, 7) is 2.10. The Labute approximate surface area is 116 Å². The number of anilines is 1. The highest BCUT2D eigenvalue weighted by Gasteiger charge is 2.07. The molecule has 4 heteroatoms. The maximum atomic E-state index is 13.1. The van der Waals surface area contributed by atoms with E-state index in [2.05, 4.69) is 34.3 Å². The summed E-state index contributed by atoms with van der Waals surface area (Å²) in [4.78, 5) is 7.49. The Morgan fingerprint density at radius 1 is 1.20 bits per heavy atom. The number of aromatic nitrogens is 2. The second-order valence-electron chi connectivity index (χ2n) is 4.98. The van der Waals surface area contributed by atoms with Gasteiger partial charge < -0.3 is 10.3 Å². The molecule has 3 aromatic rings.